The Kier molecular flexibility index (Phi) is 5.16. The number of benzene rings is 2. The molecule has 0 unspecified atom stereocenters. The Morgan fingerprint density at radius 2 is 1.50 bits per heavy atom. The number of hydrogen-bond acceptors (Lipinski definition) is 3. The number of aliphatic hydroxyl groups is 1. The van der Waals surface area contributed by atoms with Gasteiger partial charge < -0.3 is 15.2 Å². The zero-order valence-electron chi connectivity index (χ0n) is 12.0. The molecule has 2 aromatic rings. The minimum atomic E-state index is -0.0252. The number of hydrogen-bond donors (Lipinski definition) is 2. The molecule has 0 spiro atoms. The summed E-state index contributed by atoms with van der Waals surface area (Å²) >= 11 is 0. The van der Waals surface area contributed by atoms with Crippen molar-refractivity contribution in [2.24, 2.45) is 0 Å². The molecule has 0 atom stereocenters. The molecule has 0 radical (unpaired) electrons. The number of ether oxygens (including phenoxy) is 1. The Bertz CT molecular complexity index is 552. The Balaban J connectivity index is 2.20. The summed E-state index contributed by atoms with van der Waals surface area (Å²) in [6.07, 6.45) is 0. The first-order chi connectivity index (χ1) is 9.70. The van der Waals surface area contributed by atoms with E-state index in [2.05, 4.69) is 19.2 Å². The molecular formula is C17H21NO2. The molecule has 2 aromatic carbocycles. The fourth-order valence-corrected chi connectivity index (χ4v) is 1.92. The van der Waals surface area contributed by atoms with E-state index in [1.807, 2.05) is 48.5 Å². The van der Waals surface area contributed by atoms with E-state index in [1.54, 1.807) is 0 Å². The van der Waals surface area contributed by atoms with Crippen molar-refractivity contribution in [3.8, 4) is 11.5 Å². The van der Waals surface area contributed by atoms with E-state index in [0.29, 0.717) is 11.8 Å². The summed E-state index contributed by atoms with van der Waals surface area (Å²) in [5.41, 5.74) is 1.90. The number of rotatable bonds is 6. The predicted octanol–water partition coefficient (Wildman–Crippen LogP) is 3.47. The van der Waals surface area contributed by atoms with Gasteiger partial charge in [-0.1, -0.05) is 50.2 Å². The summed E-state index contributed by atoms with van der Waals surface area (Å²) in [5, 5.41) is 12.7. The van der Waals surface area contributed by atoms with Crippen LogP contribution in [0, 0.1) is 0 Å². The lowest BCUT2D eigenvalue weighted by atomic mass is 10.1. The van der Waals surface area contributed by atoms with Crippen LogP contribution >= 0.6 is 0 Å². The SMILES string of the molecule is CC(C)NCc1ccccc1Oc1ccccc1CO. The minimum Gasteiger partial charge on any atom is -0.457 e. The minimum absolute atomic E-state index is 0.0252. The van der Waals surface area contributed by atoms with Crippen LogP contribution in [0.5, 0.6) is 11.5 Å². The molecule has 0 amide bonds. The second kappa shape index (κ2) is 7.08. The van der Waals surface area contributed by atoms with Crippen LogP contribution in [0.4, 0.5) is 0 Å². The average Bonchev–Trinajstić information content (AvgIpc) is 2.47. The van der Waals surface area contributed by atoms with Gasteiger partial charge >= 0.3 is 0 Å². The molecule has 0 aliphatic heterocycles. The van der Waals surface area contributed by atoms with Gasteiger partial charge in [-0.15, -0.1) is 0 Å². The molecule has 0 aromatic heterocycles. The van der Waals surface area contributed by atoms with E-state index in [-0.39, 0.29) is 6.61 Å². The van der Waals surface area contributed by atoms with Crippen molar-refractivity contribution in [1.82, 2.24) is 5.32 Å². The molecule has 0 fully saturated rings. The molecule has 0 aliphatic carbocycles. The standard InChI is InChI=1S/C17H21NO2/c1-13(2)18-11-14-7-3-5-9-16(14)20-17-10-6-4-8-15(17)12-19/h3-10,13,18-19H,11-12H2,1-2H3. The van der Waals surface area contributed by atoms with Gasteiger partial charge in [0.25, 0.3) is 0 Å². The van der Waals surface area contributed by atoms with Crippen molar-refractivity contribution in [3.05, 3.63) is 59.7 Å². The van der Waals surface area contributed by atoms with Gasteiger partial charge in [-0.2, -0.15) is 0 Å². The lowest BCUT2D eigenvalue weighted by molar-refractivity contribution is 0.276. The maximum Gasteiger partial charge on any atom is 0.132 e. The van der Waals surface area contributed by atoms with E-state index in [4.69, 9.17) is 4.74 Å². The van der Waals surface area contributed by atoms with E-state index >= 15 is 0 Å². The highest BCUT2D eigenvalue weighted by molar-refractivity contribution is 5.41. The van der Waals surface area contributed by atoms with Gasteiger partial charge in [-0.25, -0.2) is 0 Å². The smallest absolute Gasteiger partial charge is 0.132 e. The Morgan fingerprint density at radius 1 is 0.950 bits per heavy atom. The maximum absolute atomic E-state index is 9.35. The monoisotopic (exact) mass is 271 g/mol. The van der Waals surface area contributed by atoms with Crippen molar-refractivity contribution in [1.29, 1.82) is 0 Å². The zero-order chi connectivity index (χ0) is 14.4. The molecule has 20 heavy (non-hydrogen) atoms. The molecular weight excluding hydrogens is 250 g/mol. The van der Waals surface area contributed by atoms with Crippen LogP contribution in [0.15, 0.2) is 48.5 Å². The third-order valence-electron chi connectivity index (χ3n) is 3.04. The molecule has 0 saturated carbocycles. The number of aliphatic hydroxyl groups excluding tert-OH is 1. The molecule has 0 aliphatic rings. The first-order valence-corrected chi connectivity index (χ1v) is 6.88. The van der Waals surface area contributed by atoms with Gasteiger partial charge in [-0.05, 0) is 12.1 Å². The molecule has 0 bridgehead atoms. The van der Waals surface area contributed by atoms with E-state index in [1.165, 1.54) is 0 Å². The highest BCUT2D eigenvalue weighted by atomic mass is 16.5. The summed E-state index contributed by atoms with van der Waals surface area (Å²) in [6, 6.07) is 15.9. The van der Waals surface area contributed by atoms with Crippen molar-refractivity contribution in [2.75, 3.05) is 0 Å². The van der Waals surface area contributed by atoms with Crippen molar-refractivity contribution in [3.63, 3.8) is 0 Å². The fourth-order valence-electron chi connectivity index (χ4n) is 1.92. The summed E-state index contributed by atoms with van der Waals surface area (Å²) in [6.45, 7) is 4.97. The highest BCUT2D eigenvalue weighted by Crippen LogP contribution is 2.28. The van der Waals surface area contributed by atoms with E-state index in [9.17, 15) is 5.11 Å². The Morgan fingerprint density at radius 3 is 2.10 bits per heavy atom. The lowest BCUT2D eigenvalue weighted by Gasteiger charge is -2.15. The molecule has 3 nitrogen and oxygen atoms in total. The topological polar surface area (TPSA) is 41.5 Å². The largest absolute Gasteiger partial charge is 0.457 e. The molecule has 0 saturated heterocycles. The Hall–Kier alpha value is -1.84. The summed E-state index contributed by atoms with van der Waals surface area (Å²) in [7, 11) is 0. The number of para-hydroxylation sites is 2. The second-order valence-corrected chi connectivity index (χ2v) is 5.01. The Labute approximate surface area is 120 Å². The van der Waals surface area contributed by atoms with Gasteiger partial charge in [-0.3, -0.25) is 0 Å². The maximum atomic E-state index is 9.35. The molecule has 2 rings (SSSR count). The third kappa shape index (κ3) is 3.83. The van der Waals surface area contributed by atoms with Gasteiger partial charge in [0.05, 0.1) is 6.61 Å². The van der Waals surface area contributed by atoms with Gasteiger partial charge in [0.1, 0.15) is 11.5 Å². The van der Waals surface area contributed by atoms with Gasteiger partial charge in [0.15, 0.2) is 0 Å². The normalized spacial score (nSPS) is 10.8. The van der Waals surface area contributed by atoms with Crippen LogP contribution in [0.25, 0.3) is 0 Å². The fraction of sp³-hybridized carbons (Fsp3) is 0.294. The van der Waals surface area contributed by atoms with Crippen molar-refractivity contribution >= 4 is 0 Å². The third-order valence-corrected chi connectivity index (χ3v) is 3.04. The van der Waals surface area contributed by atoms with E-state index < -0.39 is 0 Å². The quantitative estimate of drug-likeness (QED) is 0.845. The van der Waals surface area contributed by atoms with E-state index in [0.717, 1.165) is 23.4 Å². The number of nitrogens with one attached hydrogen (secondary N) is 1. The molecule has 106 valence electrons. The predicted molar refractivity (Wildman–Crippen MR) is 80.9 cm³/mol. The average molecular weight is 271 g/mol. The van der Waals surface area contributed by atoms with Crippen LogP contribution in [0.2, 0.25) is 0 Å². The molecule has 0 heterocycles. The summed E-state index contributed by atoms with van der Waals surface area (Å²) in [4.78, 5) is 0. The first-order valence-electron chi connectivity index (χ1n) is 6.88. The lowest BCUT2D eigenvalue weighted by Crippen LogP contribution is -2.22. The highest BCUT2D eigenvalue weighted by Gasteiger charge is 2.07. The molecule has 2 N–H and O–H groups in total. The summed E-state index contributed by atoms with van der Waals surface area (Å²) < 4.78 is 5.96. The summed E-state index contributed by atoms with van der Waals surface area (Å²) in [5.74, 6) is 1.52. The van der Waals surface area contributed by atoms with Crippen LogP contribution in [0.1, 0.15) is 25.0 Å². The van der Waals surface area contributed by atoms with Crippen LogP contribution in [-0.4, -0.2) is 11.1 Å². The van der Waals surface area contributed by atoms with Crippen molar-refractivity contribution in [2.45, 2.75) is 33.0 Å². The first kappa shape index (κ1) is 14.6. The van der Waals surface area contributed by atoms with Gasteiger partial charge in [0.2, 0.25) is 0 Å². The van der Waals surface area contributed by atoms with Gasteiger partial charge in [0, 0.05) is 23.7 Å². The van der Waals surface area contributed by atoms with Crippen LogP contribution in [0.3, 0.4) is 0 Å². The second-order valence-electron chi connectivity index (χ2n) is 5.01. The van der Waals surface area contributed by atoms with Crippen LogP contribution in [-0.2, 0) is 13.2 Å². The zero-order valence-corrected chi connectivity index (χ0v) is 12.0. The van der Waals surface area contributed by atoms with Crippen LogP contribution < -0.4 is 10.1 Å². The molecule has 3 heteroatoms. The van der Waals surface area contributed by atoms with Crippen molar-refractivity contribution < 1.29 is 9.84 Å².